The Bertz CT molecular complexity index is 3060. The molecule has 3 saturated carbocycles. The summed E-state index contributed by atoms with van der Waals surface area (Å²) in [6, 6.07) is -5.50. The van der Waals surface area contributed by atoms with E-state index in [9.17, 15) is 46.7 Å². The standard InChI is InChI=1S/C70H106ClF3N12O12/c1-11-44(3)59-66(96)80(7)42-57(89)78(5)43-58(90)82(9)53(39-46-24-15-13-16-25-46)64(94)79(6)41-55(87)75-51(32-30-47-29-31-49(50(71)38-47)70(72,73)74)63(93)86-37-23-28-52(86)62(92)77-69(33-19-20-34-69)68(98)83(10)60(48-26-17-18-27-48)67(97)85(12-2)54(65(95)84-35-21-14-22-36-84)40-56(88)81(8)45(4)61(91)76-59/h29,31,38,44-46,48,51-54,59-60H,11-28,30,32-37,39-43H2,1-10H3,(H,75,87)(H,76,91)(H,77,92)/t44-,45-,51-,52-,53-,54-,59?,60-/m0/s1. The van der Waals surface area contributed by atoms with Crippen LogP contribution in [-0.4, -0.2) is 251 Å². The van der Waals surface area contributed by atoms with Gasteiger partial charge >= 0.3 is 6.18 Å². The van der Waals surface area contributed by atoms with Crippen molar-refractivity contribution < 1.29 is 70.7 Å². The molecule has 0 bridgehead atoms. The summed E-state index contributed by atoms with van der Waals surface area (Å²) in [5, 5.41) is 8.08. The SMILES string of the molecule is CC[C@H](C)C1NC(=O)[C@H](C)N(C)C(=O)C[C@@H](C(=O)N2CCCCC2)N(CC)C(=O)[C@H](C2CCCC2)N(C)C(=O)C2(CCCC2)NC(=O)[C@@H]2CCCN2C(=O)[C@H](CCc2ccc(C(F)(F)F)c(Cl)c2)NC(=O)CN(C)C(=O)[C@H](CC2CCCCC2)N(C)C(=O)CN(C)C(=O)CN(C)C1=O. The molecule has 0 radical (unpaired) electrons. The van der Waals surface area contributed by atoms with Gasteiger partial charge in [0.25, 0.3) is 0 Å². The van der Waals surface area contributed by atoms with Gasteiger partial charge in [-0.15, -0.1) is 0 Å². The number of carbonyl (C=O) groups excluding carboxylic acids is 12. The molecular formula is C70H106ClF3N12O12. The highest BCUT2D eigenvalue weighted by Crippen LogP contribution is 2.39. The van der Waals surface area contributed by atoms with E-state index >= 15 is 24.0 Å². The number of piperidine rings is 1. The molecule has 98 heavy (non-hydrogen) atoms. The second kappa shape index (κ2) is 34.8. The first-order valence-corrected chi connectivity index (χ1v) is 35.9. The average Bonchev–Trinajstić information content (AvgIpc) is 1.69. The van der Waals surface area contributed by atoms with Gasteiger partial charge in [-0.1, -0.05) is 95.7 Å². The van der Waals surface area contributed by atoms with Gasteiger partial charge in [-0.3, -0.25) is 57.5 Å². The number of likely N-dealkylation sites (tertiary alicyclic amines) is 1. The van der Waals surface area contributed by atoms with Crippen molar-refractivity contribution in [3.8, 4) is 0 Å². The highest BCUT2D eigenvalue weighted by molar-refractivity contribution is 6.31. The van der Waals surface area contributed by atoms with Crippen LogP contribution in [0.4, 0.5) is 13.2 Å². The number of carbonyl (C=O) groups is 12. The van der Waals surface area contributed by atoms with Crippen LogP contribution in [0.15, 0.2) is 18.2 Å². The van der Waals surface area contributed by atoms with Gasteiger partial charge < -0.3 is 60.0 Å². The van der Waals surface area contributed by atoms with E-state index in [0.717, 1.165) is 78.2 Å². The molecule has 6 fully saturated rings. The van der Waals surface area contributed by atoms with Crippen LogP contribution in [0, 0.1) is 17.8 Å². The maximum atomic E-state index is 15.8. The Morgan fingerprint density at radius 2 is 1.27 bits per heavy atom. The lowest BCUT2D eigenvalue weighted by molar-refractivity contribution is -0.157. The topological polar surface area (TPSA) is 270 Å². The number of likely N-dealkylation sites (N-methyl/N-ethyl adjacent to an activating group) is 7. The first-order chi connectivity index (χ1) is 46.3. The molecule has 1 aromatic carbocycles. The van der Waals surface area contributed by atoms with Crippen LogP contribution >= 0.6 is 11.6 Å². The molecule has 7 rings (SSSR count). The lowest BCUT2D eigenvalue weighted by Gasteiger charge is -2.43. The molecule has 24 nitrogen and oxygen atoms in total. The van der Waals surface area contributed by atoms with E-state index in [4.69, 9.17) is 11.6 Å². The summed E-state index contributed by atoms with van der Waals surface area (Å²) in [5.74, 6) is -8.52. The van der Waals surface area contributed by atoms with E-state index < -0.39 is 167 Å². The zero-order valence-corrected chi connectivity index (χ0v) is 59.9. The molecule has 3 N–H and O–H groups in total. The molecule has 3 saturated heterocycles. The van der Waals surface area contributed by atoms with Crippen LogP contribution in [0.3, 0.4) is 0 Å². The van der Waals surface area contributed by atoms with E-state index in [1.165, 1.54) is 79.8 Å². The van der Waals surface area contributed by atoms with Gasteiger partial charge in [-0.05, 0) is 126 Å². The Morgan fingerprint density at radius 3 is 1.88 bits per heavy atom. The number of alkyl halides is 3. The van der Waals surface area contributed by atoms with E-state index in [-0.39, 0.29) is 63.5 Å². The minimum atomic E-state index is -4.76. The molecule has 1 unspecified atom stereocenters. The number of halogens is 4. The lowest BCUT2D eigenvalue weighted by Crippen LogP contribution is -2.65. The Hall–Kier alpha value is -7.06. The molecule has 12 amide bonds. The van der Waals surface area contributed by atoms with E-state index in [1.807, 2.05) is 6.92 Å². The Morgan fingerprint density at radius 1 is 0.653 bits per heavy atom. The third kappa shape index (κ3) is 19.1. The van der Waals surface area contributed by atoms with Crippen LogP contribution in [0.5, 0.6) is 0 Å². The van der Waals surface area contributed by atoms with Crippen molar-refractivity contribution >= 4 is 82.5 Å². The fourth-order valence-corrected chi connectivity index (χ4v) is 15.6. The zero-order valence-electron chi connectivity index (χ0n) is 59.2. The summed E-state index contributed by atoms with van der Waals surface area (Å²) in [4.78, 5) is 190. The number of benzene rings is 1. The third-order valence-electron chi connectivity index (χ3n) is 21.8. The van der Waals surface area contributed by atoms with Gasteiger partial charge in [0.1, 0.15) is 47.8 Å². The second-order valence-corrected chi connectivity index (χ2v) is 28.9. The van der Waals surface area contributed by atoms with Crippen molar-refractivity contribution in [3.63, 3.8) is 0 Å². The molecule has 28 heteroatoms. The average molecular weight is 1400 g/mol. The molecule has 3 aliphatic carbocycles. The van der Waals surface area contributed by atoms with Crippen LogP contribution in [0.25, 0.3) is 0 Å². The van der Waals surface area contributed by atoms with E-state index in [0.29, 0.717) is 70.0 Å². The predicted molar refractivity (Wildman–Crippen MR) is 360 cm³/mol. The smallest absolute Gasteiger partial charge is 0.343 e. The lowest BCUT2D eigenvalue weighted by atomic mass is 9.84. The summed E-state index contributed by atoms with van der Waals surface area (Å²) < 4.78 is 41.6. The summed E-state index contributed by atoms with van der Waals surface area (Å²) in [6.07, 6.45) is 6.16. The molecule has 1 spiro atoms. The minimum absolute atomic E-state index is 0.0221. The Kier molecular flexibility index (Phi) is 27.8. The van der Waals surface area contributed by atoms with Crippen molar-refractivity contribution in [2.75, 3.05) is 88.1 Å². The van der Waals surface area contributed by atoms with Crippen LogP contribution in [-0.2, 0) is 70.1 Å². The number of nitrogens with zero attached hydrogens (tertiary/aromatic N) is 9. The van der Waals surface area contributed by atoms with E-state index in [1.54, 1.807) is 18.7 Å². The molecular weight excluding hydrogens is 1290 g/mol. The maximum Gasteiger partial charge on any atom is 0.417 e. The number of fused-ring (bicyclic) bond motifs is 1. The summed E-state index contributed by atoms with van der Waals surface area (Å²) >= 11 is 6.15. The molecule has 6 aliphatic rings. The molecule has 8 atom stereocenters. The number of hydrogen-bond donors (Lipinski definition) is 3. The van der Waals surface area contributed by atoms with Gasteiger partial charge in [0.05, 0.1) is 36.6 Å². The number of nitrogens with one attached hydrogen (secondary N) is 3. The second-order valence-electron chi connectivity index (χ2n) is 28.5. The Balaban J connectivity index is 1.27. The fourth-order valence-electron chi connectivity index (χ4n) is 15.3. The largest absolute Gasteiger partial charge is 0.417 e. The van der Waals surface area contributed by atoms with Gasteiger partial charge in [0.15, 0.2) is 0 Å². The predicted octanol–water partition coefficient (Wildman–Crippen LogP) is 5.40. The summed E-state index contributed by atoms with van der Waals surface area (Å²) in [6.45, 7) is 5.82. The number of amides is 12. The van der Waals surface area contributed by atoms with Crippen molar-refractivity contribution in [1.29, 1.82) is 0 Å². The first kappa shape index (κ1) is 78.3. The number of hydrogen-bond acceptors (Lipinski definition) is 12. The quantitative estimate of drug-likeness (QED) is 0.266. The van der Waals surface area contributed by atoms with Crippen LogP contribution in [0.1, 0.15) is 180 Å². The van der Waals surface area contributed by atoms with Gasteiger partial charge in [-0.2, -0.15) is 13.2 Å². The first-order valence-electron chi connectivity index (χ1n) is 35.5. The highest BCUT2D eigenvalue weighted by atomic mass is 35.5. The molecule has 3 heterocycles. The molecule has 546 valence electrons. The summed E-state index contributed by atoms with van der Waals surface area (Å²) in [5.41, 5.74) is -2.33. The zero-order chi connectivity index (χ0) is 72.1. The van der Waals surface area contributed by atoms with Crippen molar-refractivity contribution in [2.45, 2.75) is 229 Å². The summed E-state index contributed by atoms with van der Waals surface area (Å²) in [7, 11) is 8.49. The van der Waals surface area contributed by atoms with Crippen LogP contribution in [0.2, 0.25) is 5.02 Å². The van der Waals surface area contributed by atoms with Gasteiger partial charge in [0, 0.05) is 68.5 Å². The molecule has 1 aromatic rings. The van der Waals surface area contributed by atoms with E-state index in [2.05, 4.69) is 16.0 Å². The number of aryl methyl sites for hydroxylation is 1. The third-order valence-corrected chi connectivity index (χ3v) is 22.1. The fraction of sp³-hybridized carbons (Fsp3) is 0.743. The Labute approximate surface area is 580 Å². The van der Waals surface area contributed by atoms with Crippen LogP contribution < -0.4 is 16.0 Å². The van der Waals surface area contributed by atoms with Gasteiger partial charge in [-0.25, -0.2) is 0 Å². The van der Waals surface area contributed by atoms with Crippen molar-refractivity contribution in [2.24, 2.45) is 17.8 Å². The molecule has 0 aromatic heterocycles. The number of rotatable bonds is 10. The van der Waals surface area contributed by atoms with Gasteiger partial charge in [0.2, 0.25) is 70.9 Å². The highest BCUT2D eigenvalue weighted by Gasteiger charge is 2.52. The van der Waals surface area contributed by atoms with Crippen molar-refractivity contribution in [3.05, 3.63) is 34.3 Å². The van der Waals surface area contributed by atoms with Crippen molar-refractivity contribution in [1.82, 2.24) is 60.0 Å². The minimum Gasteiger partial charge on any atom is -0.343 e. The monoisotopic (exact) mass is 1400 g/mol. The normalized spacial score (nSPS) is 27.1. The molecule has 3 aliphatic heterocycles. The maximum absolute atomic E-state index is 15.8.